The number of hydrogen-bond donors (Lipinski definition) is 3. The van der Waals surface area contributed by atoms with Gasteiger partial charge in [0.05, 0.1) is 0 Å². The molecule has 1 aromatic rings. The van der Waals surface area contributed by atoms with Gasteiger partial charge in [0, 0.05) is 12.8 Å². The monoisotopic (exact) mass is 226 g/mol. The molecule has 6 N–H and O–H groups in total. The summed E-state index contributed by atoms with van der Waals surface area (Å²) in [4.78, 5) is 29.6. The molecular weight excluding hydrogens is 212 g/mol. The molecule has 0 atom stereocenters. The van der Waals surface area contributed by atoms with Gasteiger partial charge in [-0.3, -0.25) is 0 Å². The van der Waals surface area contributed by atoms with Crippen LogP contribution in [0.5, 0.6) is 0 Å². The van der Waals surface area contributed by atoms with Crippen LogP contribution in [0.15, 0.2) is 0 Å². The number of anilines is 3. The average Bonchev–Trinajstić information content (AvgIpc) is 2.17. The van der Waals surface area contributed by atoms with Crippen molar-refractivity contribution in [2.24, 2.45) is 0 Å². The van der Waals surface area contributed by atoms with E-state index in [0.717, 1.165) is 12.6 Å². The smallest absolute Gasteiger partial charge is 0.226 e. The maximum Gasteiger partial charge on any atom is 0.226 e. The summed E-state index contributed by atoms with van der Waals surface area (Å²) in [6.07, 6.45) is 3.37. The van der Waals surface area contributed by atoms with Gasteiger partial charge in [-0.1, -0.05) is 0 Å². The predicted octanol–water partition coefficient (Wildman–Crippen LogP) is -0.827. The van der Waals surface area contributed by atoms with E-state index in [2.05, 4.69) is 15.0 Å². The second kappa shape index (κ2) is 8.09. The highest BCUT2D eigenvalue weighted by Crippen LogP contribution is 1.97. The molecule has 0 amide bonds. The van der Waals surface area contributed by atoms with Gasteiger partial charge in [-0.05, 0) is 6.42 Å². The van der Waals surface area contributed by atoms with Crippen molar-refractivity contribution in [1.29, 1.82) is 0 Å². The van der Waals surface area contributed by atoms with Gasteiger partial charge in [0.25, 0.3) is 0 Å². The van der Waals surface area contributed by atoms with E-state index in [1.807, 2.05) is 0 Å². The Morgan fingerprint density at radius 2 is 1.12 bits per heavy atom. The minimum Gasteiger partial charge on any atom is -0.368 e. The Balaban J connectivity index is 0.000000293. The van der Waals surface area contributed by atoms with Crippen molar-refractivity contribution < 1.29 is 9.59 Å². The molecule has 0 aliphatic rings. The van der Waals surface area contributed by atoms with E-state index in [-0.39, 0.29) is 17.8 Å². The van der Waals surface area contributed by atoms with Gasteiger partial charge in [-0.15, -0.1) is 0 Å². The molecule has 88 valence electrons. The lowest BCUT2D eigenvalue weighted by Crippen LogP contribution is -2.05. The molecule has 1 rings (SSSR count). The Bertz CT molecular complexity index is 285. The fraction of sp³-hybridized carbons (Fsp3) is 0.375. The van der Waals surface area contributed by atoms with Gasteiger partial charge in [-0.25, -0.2) is 0 Å². The Kier molecular flexibility index (Phi) is 6.95. The summed E-state index contributed by atoms with van der Waals surface area (Å²) in [6.45, 7) is 0. The van der Waals surface area contributed by atoms with E-state index in [0.29, 0.717) is 19.3 Å². The van der Waals surface area contributed by atoms with Crippen LogP contribution in [0.2, 0.25) is 0 Å². The normalized spacial score (nSPS) is 8.75. The van der Waals surface area contributed by atoms with Gasteiger partial charge < -0.3 is 26.8 Å². The van der Waals surface area contributed by atoms with Gasteiger partial charge in [0.2, 0.25) is 17.8 Å². The SMILES string of the molecule is Nc1nc(N)nc(N)n1.O=CCCCC=O. The topological polar surface area (TPSA) is 151 Å². The number of nitrogens with two attached hydrogens (primary N) is 3. The molecule has 0 aromatic carbocycles. The van der Waals surface area contributed by atoms with Crippen LogP contribution in [0.3, 0.4) is 0 Å². The minimum absolute atomic E-state index is 0.0417. The van der Waals surface area contributed by atoms with Crippen molar-refractivity contribution in [3.05, 3.63) is 0 Å². The molecule has 0 saturated heterocycles. The zero-order valence-electron chi connectivity index (χ0n) is 8.67. The highest BCUT2D eigenvalue weighted by Gasteiger charge is 1.93. The van der Waals surface area contributed by atoms with Crippen molar-refractivity contribution >= 4 is 30.4 Å². The van der Waals surface area contributed by atoms with Crippen LogP contribution in [-0.4, -0.2) is 27.5 Å². The first-order valence-electron chi connectivity index (χ1n) is 4.50. The first-order valence-corrected chi connectivity index (χ1v) is 4.50. The largest absolute Gasteiger partial charge is 0.368 e. The van der Waals surface area contributed by atoms with E-state index in [1.165, 1.54) is 0 Å². The molecule has 1 aromatic heterocycles. The Hall–Kier alpha value is -2.25. The molecule has 0 aliphatic carbocycles. The molecule has 0 spiro atoms. The molecule has 0 bridgehead atoms. The minimum atomic E-state index is 0.0417. The zero-order valence-corrected chi connectivity index (χ0v) is 8.67. The van der Waals surface area contributed by atoms with Crippen molar-refractivity contribution in [1.82, 2.24) is 15.0 Å². The molecule has 1 heterocycles. The second-order valence-electron chi connectivity index (χ2n) is 2.67. The Morgan fingerprint density at radius 1 is 0.812 bits per heavy atom. The third kappa shape index (κ3) is 7.18. The number of carbonyl (C=O) groups is 2. The number of carbonyl (C=O) groups excluding carboxylic acids is 2. The molecule has 8 nitrogen and oxygen atoms in total. The van der Waals surface area contributed by atoms with Gasteiger partial charge in [0.15, 0.2) is 0 Å². The summed E-state index contributed by atoms with van der Waals surface area (Å²) in [5, 5.41) is 0. The van der Waals surface area contributed by atoms with Crippen LogP contribution in [0.1, 0.15) is 19.3 Å². The highest BCUT2D eigenvalue weighted by atomic mass is 16.1. The molecule has 0 fully saturated rings. The first kappa shape index (κ1) is 13.8. The first-order chi connectivity index (χ1) is 7.60. The van der Waals surface area contributed by atoms with Gasteiger partial charge in [0.1, 0.15) is 12.6 Å². The van der Waals surface area contributed by atoms with Crippen LogP contribution in [0, 0.1) is 0 Å². The van der Waals surface area contributed by atoms with Crippen molar-refractivity contribution in [3.8, 4) is 0 Å². The third-order valence-corrected chi connectivity index (χ3v) is 1.33. The quantitative estimate of drug-likeness (QED) is 0.444. The summed E-state index contributed by atoms with van der Waals surface area (Å²) in [6, 6.07) is 0. The predicted molar refractivity (Wildman–Crippen MR) is 59.0 cm³/mol. The molecule has 16 heavy (non-hydrogen) atoms. The number of nitrogen functional groups attached to an aromatic ring is 3. The highest BCUT2D eigenvalue weighted by molar-refractivity contribution is 5.52. The Labute approximate surface area is 92.3 Å². The summed E-state index contributed by atoms with van der Waals surface area (Å²) in [5.41, 5.74) is 15.4. The van der Waals surface area contributed by atoms with Crippen molar-refractivity contribution in [2.75, 3.05) is 17.2 Å². The van der Waals surface area contributed by atoms with E-state index in [9.17, 15) is 9.59 Å². The molecule has 0 saturated carbocycles. The van der Waals surface area contributed by atoms with E-state index >= 15 is 0 Å². The third-order valence-electron chi connectivity index (χ3n) is 1.33. The van der Waals surface area contributed by atoms with Crippen molar-refractivity contribution in [3.63, 3.8) is 0 Å². The molecule has 0 unspecified atom stereocenters. The Morgan fingerprint density at radius 3 is 1.38 bits per heavy atom. The molecule has 0 radical (unpaired) electrons. The molecule has 8 heteroatoms. The van der Waals surface area contributed by atoms with Crippen LogP contribution in [-0.2, 0) is 9.59 Å². The van der Waals surface area contributed by atoms with Gasteiger partial charge >= 0.3 is 0 Å². The lowest BCUT2D eigenvalue weighted by molar-refractivity contribution is -0.108. The van der Waals surface area contributed by atoms with Crippen LogP contribution in [0.4, 0.5) is 17.8 Å². The maximum absolute atomic E-state index is 9.56. The number of nitrogens with zero attached hydrogens (tertiary/aromatic N) is 3. The second-order valence-corrected chi connectivity index (χ2v) is 2.67. The fourth-order valence-corrected chi connectivity index (χ4v) is 0.712. The van der Waals surface area contributed by atoms with Crippen LogP contribution >= 0.6 is 0 Å². The van der Waals surface area contributed by atoms with Crippen LogP contribution < -0.4 is 17.2 Å². The summed E-state index contributed by atoms with van der Waals surface area (Å²) < 4.78 is 0. The lowest BCUT2D eigenvalue weighted by Gasteiger charge is -1.93. The van der Waals surface area contributed by atoms with E-state index < -0.39 is 0 Å². The zero-order chi connectivity index (χ0) is 12.4. The maximum atomic E-state index is 9.56. The molecule has 0 aliphatic heterocycles. The number of aromatic nitrogens is 3. The van der Waals surface area contributed by atoms with E-state index in [4.69, 9.17) is 17.2 Å². The van der Waals surface area contributed by atoms with E-state index in [1.54, 1.807) is 0 Å². The standard InChI is InChI=1S/C5H8O2.C3H6N6/c6-4-2-1-3-5-7;4-1-7-2(5)9-3(6)8-1/h4-5H,1-3H2;(H6,4,5,6,7,8,9). The van der Waals surface area contributed by atoms with Crippen molar-refractivity contribution in [2.45, 2.75) is 19.3 Å². The fourth-order valence-electron chi connectivity index (χ4n) is 0.712. The summed E-state index contributed by atoms with van der Waals surface area (Å²) >= 11 is 0. The number of aldehydes is 2. The number of rotatable bonds is 4. The average molecular weight is 226 g/mol. The lowest BCUT2D eigenvalue weighted by atomic mass is 10.3. The molecular formula is C8H14N6O2. The summed E-state index contributed by atoms with van der Waals surface area (Å²) in [5.74, 6) is 0.125. The van der Waals surface area contributed by atoms with Gasteiger partial charge in [-0.2, -0.15) is 15.0 Å². The number of unbranched alkanes of at least 4 members (excludes halogenated alkanes) is 2. The number of hydrogen-bond acceptors (Lipinski definition) is 8. The van der Waals surface area contributed by atoms with Crippen LogP contribution in [0.25, 0.3) is 0 Å². The summed E-state index contributed by atoms with van der Waals surface area (Å²) in [7, 11) is 0.